The molecule has 0 aromatic carbocycles. The first-order valence-corrected chi connectivity index (χ1v) is 5.03. The van der Waals surface area contributed by atoms with Gasteiger partial charge in [-0.1, -0.05) is 43.7 Å². The molecule has 88 valence electrons. The molecule has 0 unspecified atom stereocenters. The second-order valence-electron chi connectivity index (χ2n) is 2.26. The van der Waals surface area contributed by atoms with Crippen LogP contribution in [-0.4, -0.2) is 6.18 Å². The van der Waals surface area contributed by atoms with Gasteiger partial charge in [-0.2, -0.15) is 13.2 Å². The molecule has 0 amide bonds. The number of rotatable bonds is 2. The van der Waals surface area contributed by atoms with Crippen LogP contribution < -0.4 is 0 Å². The molecule has 0 aromatic rings. The van der Waals surface area contributed by atoms with Crippen LogP contribution in [0.4, 0.5) is 13.2 Å². The number of alkyl halides is 3. The molecule has 0 saturated carbocycles. The van der Waals surface area contributed by atoms with Gasteiger partial charge >= 0.3 is 6.18 Å². The lowest BCUT2D eigenvalue weighted by Crippen LogP contribution is -2.10. The van der Waals surface area contributed by atoms with E-state index in [-0.39, 0.29) is 5.03 Å². The van der Waals surface area contributed by atoms with Crippen molar-refractivity contribution in [1.29, 1.82) is 0 Å². The quantitative estimate of drug-likeness (QED) is 0.581. The van der Waals surface area contributed by atoms with Gasteiger partial charge in [0.15, 0.2) is 0 Å². The molecule has 0 bridgehead atoms. The SMILES string of the molecule is CC.C\C=C/C(=C(Cl)\C=C\C)C(F)(F)F. The van der Waals surface area contributed by atoms with E-state index in [1.165, 1.54) is 25.2 Å². The lowest BCUT2D eigenvalue weighted by atomic mass is 10.2. The van der Waals surface area contributed by atoms with E-state index in [0.717, 1.165) is 6.08 Å². The molecule has 4 heteroatoms. The summed E-state index contributed by atoms with van der Waals surface area (Å²) in [6, 6.07) is 0. The van der Waals surface area contributed by atoms with Crippen molar-refractivity contribution in [3.8, 4) is 0 Å². The van der Waals surface area contributed by atoms with E-state index in [9.17, 15) is 13.2 Å². The minimum Gasteiger partial charge on any atom is -0.166 e. The third-order valence-electron chi connectivity index (χ3n) is 1.21. The molecule has 0 N–H and O–H groups in total. The zero-order valence-corrected chi connectivity index (χ0v) is 10.1. The molecule has 0 spiro atoms. The van der Waals surface area contributed by atoms with E-state index in [1.54, 1.807) is 6.92 Å². The fourth-order valence-corrected chi connectivity index (χ4v) is 1.01. The Morgan fingerprint density at radius 2 is 1.40 bits per heavy atom. The van der Waals surface area contributed by atoms with Gasteiger partial charge < -0.3 is 0 Å². The Kier molecular flexibility index (Phi) is 9.58. The zero-order chi connectivity index (χ0) is 12.5. The standard InChI is InChI=1S/C9H10ClF3.C2H6/c1-3-5-7(9(11,12)13)8(10)6-4-2;1-2/h3-6H,1-2H3;1-2H3/b5-3-,6-4+,8-7-;. The van der Waals surface area contributed by atoms with Gasteiger partial charge in [-0.3, -0.25) is 0 Å². The molecule has 0 aliphatic rings. The van der Waals surface area contributed by atoms with Crippen molar-refractivity contribution in [2.24, 2.45) is 0 Å². The predicted octanol–water partition coefficient (Wildman–Crippen LogP) is 5.22. The first kappa shape index (κ1) is 16.7. The van der Waals surface area contributed by atoms with Gasteiger partial charge in [-0.05, 0) is 19.9 Å². The summed E-state index contributed by atoms with van der Waals surface area (Å²) in [5.74, 6) is 0. The van der Waals surface area contributed by atoms with Crippen molar-refractivity contribution in [3.63, 3.8) is 0 Å². The highest BCUT2D eigenvalue weighted by molar-refractivity contribution is 6.31. The Balaban J connectivity index is 0. The molecule has 0 rings (SSSR count). The third-order valence-corrected chi connectivity index (χ3v) is 1.54. The van der Waals surface area contributed by atoms with Crippen LogP contribution in [0, 0.1) is 0 Å². The second kappa shape index (κ2) is 8.60. The van der Waals surface area contributed by atoms with Crippen LogP contribution in [0.1, 0.15) is 27.7 Å². The molecule has 0 aliphatic carbocycles. The summed E-state index contributed by atoms with van der Waals surface area (Å²) in [5, 5.41) is -0.298. The second-order valence-corrected chi connectivity index (χ2v) is 2.67. The summed E-state index contributed by atoms with van der Waals surface area (Å²) >= 11 is 5.43. The minimum absolute atomic E-state index is 0.298. The molecule has 0 aromatic heterocycles. The van der Waals surface area contributed by atoms with Gasteiger partial charge in [-0.15, -0.1) is 0 Å². The number of hydrogen-bond donors (Lipinski definition) is 0. The molecule has 0 atom stereocenters. The summed E-state index contributed by atoms with van der Waals surface area (Å²) in [4.78, 5) is 0. The van der Waals surface area contributed by atoms with E-state index in [0.29, 0.717) is 0 Å². The van der Waals surface area contributed by atoms with Crippen molar-refractivity contribution >= 4 is 11.6 Å². The summed E-state index contributed by atoms with van der Waals surface area (Å²) in [7, 11) is 0. The number of hydrogen-bond acceptors (Lipinski definition) is 0. The van der Waals surface area contributed by atoms with Crippen LogP contribution in [0.15, 0.2) is 34.9 Å². The van der Waals surface area contributed by atoms with Crippen LogP contribution in [0.3, 0.4) is 0 Å². The zero-order valence-electron chi connectivity index (χ0n) is 9.32. The normalized spacial score (nSPS) is 13.9. The van der Waals surface area contributed by atoms with Crippen molar-refractivity contribution in [2.45, 2.75) is 33.9 Å². The summed E-state index contributed by atoms with van der Waals surface area (Å²) in [6.07, 6.45) is 0.516. The van der Waals surface area contributed by atoms with Crippen molar-refractivity contribution in [3.05, 3.63) is 34.9 Å². The van der Waals surface area contributed by atoms with Gasteiger partial charge in [0.2, 0.25) is 0 Å². The minimum atomic E-state index is -4.40. The molecule has 0 nitrogen and oxygen atoms in total. The Hall–Kier alpha value is -0.700. The molecule has 0 heterocycles. The number of halogens is 4. The van der Waals surface area contributed by atoms with Crippen LogP contribution >= 0.6 is 11.6 Å². The summed E-state index contributed by atoms with van der Waals surface area (Å²) in [6.45, 7) is 7.11. The van der Waals surface area contributed by atoms with E-state index in [4.69, 9.17) is 11.6 Å². The lowest BCUT2D eigenvalue weighted by molar-refractivity contribution is -0.0884. The molecular weight excluding hydrogens is 225 g/mol. The van der Waals surface area contributed by atoms with E-state index < -0.39 is 11.7 Å². The van der Waals surface area contributed by atoms with Crippen LogP contribution in [0.25, 0.3) is 0 Å². The van der Waals surface area contributed by atoms with Gasteiger partial charge in [-0.25, -0.2) is 0 Å². The average Bonchev–Trinajstić information content (AvgIpc) is 2.16. The van der Waals surface area contributed by atoms with Crippen LogP contribution in [-0.2, 0) is 0 Å². The predicted molar refractivity (Wildman–Crippen MR) is 59.9 cm³/mol. The highest BCUT2D eigenvalue weighted by Gasteiger charge is 2.33. The number of allylic oxidation sites excluding steroid dienone is 6. The fourth-order valence-electron chi connectivity index (χ4n) is 0.712. The molecular formula is C11H16ClF3. The Bertz CT molecular complexity index is 247. The maximum absolute atomic E-state index is 12.3. The van der Waals surface area contributed by atoms with Crippen LogP contribution in [0.2, 0.25) is 0 Å². The van der Waals surface area contributed by atoms with Gasteiger partial charge in [0, 0.05) is 0 Å². The van der Waals surface area contributed by atoms with Crippen LogP contribution in [0.5, 0.6) is 0 Å². The van der Waals surface area contributed by atoms with Gasteiger partial charge in [0.05, 0.1) is 10.6 Å². The lowest BCUT2D eigenvalue weighted by Gasteiger charge is -2.08. The smallest absolute Gasteiger partial charge is 0.166 e. The molecule has 15 heavy (non-hydrogen) atoms. The Labute approximate surface area is 94.1 Å². The van der Waals surface area contributed by atoms with Crippen molar-refractivity contribution < 1.29 is 13.2 Å². The van der Waals surface area contributed by atoms with Crippen molar-refractivity contribution in [2.75, 3.05) is 0 Å². The van der Waals surface area contributed by atoms with Gasteiger partial charge in [0.1, 0.15) is 0 Å². The monoisotopic (exact) mass is 240 g/mol. The summed E-state index contributed by atoms with van der Waals surface area (Å²) in [5.41, 5.74) is -0.824. The van der Waals surface area contributed by atoms with Crippen molar-refractivity contribution in [1.82, 2.24) is 0 Å². The Morgan fingerprint density at radius 1 is 1.00 bits per heavy atom. The molecule has 0 saturated heterocycles. The van der Waals surface area contributed by atoms with E-state index >= 15 is 0 Å². The van der Waals surface area contributed by atoms with E-state index in [1.807, 2.05) is 13.8 Å². The molecule has 0 fully saturated rings. The fraction of sp³-hybridized carbons (Fsp3) is 0.455. The van der Waals surface area contributed by atoms with Gasteiger partial charge in [0.25, 0.3) is 0 Å². The maximum atomic E-state index is 12.3. The topological polar surface area (TPSA) is 0 Å². The third kappa shape index (κ3) is 7.25. The van der Waals surface area contributed by atoms with E-state index in [2.05, 4.69) is 0 Å². The summed E-state index contributed by atoms with van der Waals surface area (Å²) < 4.78 is 36.8. The first-order chi connectivity index (χ1) is 6.93. The molecule has 0 aliphatic heterocycles. The average molecular weight is 241 g/mol. The molecule has 0 radical (unpaired) electrons. The first-order valence-electron chi connectivity index (χ1n) is 4.65. The largest absolute Gasteiger partial charge is 0.417 e. The highest BCUT2D eigenvalue weighted by atomic mass is 35.5. The Morgan fingerprint density at radius 3 is 1.67 bits per heavy atom. The highest BCUT2D eigenvalue weighted by Crippen LogP contribution is 2.31. The maximum Gasteiger partial charge on any atom is 0.417 e.